The van der Waals surface area contributed by atoms with Gasteiger partial charge in [-0.25, -0.2) is 14.8 Å². The molecule has 0 spiro atoms. The quantitative estimate of drug-likeness (QED) is 0.0796. The molecule has 3 aromatic heterocycles. The monoisotopic (exact) mass is 631 g/mol. The minimum atomic E-state index is -0.655. The number of carbonyl (C=O) groups excluding carboxylic acids is 1. The summed E-state index contributed by atoms with van der Waals surface area (Å²) >= 11 is 0. The number of anilines is 4. The van der Waals surface area contributed by atoms with Gasteiger partial charge in [0.2, 0.25) is 5.95 Å². The summed E-state index contributed by atoms with van der Waals surface area (Å²) in [5.74, 6) is 2.64. The maximum absolute atomic E-state index is 12.2. The van der Waals surface area contributed by atoms with Crippen molar-refractivity contribution in [3.05, 3.63) is 70.1 Å². The number of nitrogens with one attached hydrogen (secondary N) is 1. The van der Waals surface area contributed by atoms with Crippen molar-refractivity contribution in [3.8, 4) is 0 Å². The molecule has 0 unspecified atom stereocenters. The zero-order valence-electron chi connectivity index (χ0n) is 27.4. The molecule has 0 atom stereocenters. The van der Waals surface area contributed by atoms with Gasteiger partial charge in [-0.1, -0.05) is 32.8 Å². The van der Waals surface area contributed by atoms with Gasteiger partial charge < -0.3 is 28.7 Å². The molecule has 46 heavy (non-hydrogen) atoms. The minimum absolute atomic E-state index is 0.359. The van der Waals surface area contributed by atoms with Crippen molar-refractivity contribution >= 4 is 35.1 Å². The molecule has 2 aliphatic rings. The molecule has 1 N–H and O–H groups in total. The van der Waals surface area contributed by atoms with E-state index in [-0.39, 0.29) is 0 Å². The van der Waals surface area contributed by atoms with E-state index in [9.17, 15) is 9.59 Å². The van der Waals surface area contributed by atoms with Crippen LogP contribution < -0.4 is 20.9 Å². The van der Waals surface area contributed by atoms with Crippen LogP contribution >= 0.6 is 0 Å². The van der Waals surface area contributed by atoms with E-state index in [1.807, 2.05) is 25.3 Å². The lowest BCUT2D eigenvalue weighted by Gasteiger charge is -2.35. The van der Waals surface area contributed by atoms with Gasteiger partial charge in [0.1, 0.15) is 23.2 Å². The molecule has 0 aromatic carbocycles. The van der Waals surface area contributed by atoms with Crippen LogP contribution in [0.1, 0.15) is 69.5 Å². The lowest BCUT2D eigenvalue weighted by atomic mass is 10.0. The van der Waals surface area contributed by atoms with Crippen LogP contribution in [0.15, 0.2) is 56.1 Å². The highest BCUT2D eigenvalue weighted by Gasteiger charge is 2.25. The number of aryl methyl sites for hydroxylation is 1. The van der Waals surface area contributed by atoms with Crippen molar-refractivity contribution in [1.82, 2.24) is 19.9 Å². The van der Waals surface area contributed by atoms with Gasteiger partial charge in [-0.3, -0.25) is 9.69 Å². The molecule has 246 valence electrons. The first-order chi connectivity index (χ1) is 22.3. The van der Waals surface area contributed by atoms with Gasteiger partial charge in [0.25, 0.3) is 0 Å². The summed E-state index contributed by atoms with van der Waals surface area (Å²) in [7, 11) is 2.06. The zero-order valence-corrected chi connectivity index (χ0v) is 27.4. The fourth-order valence-electron chi connectivity index (χ4n) is 6.00. The number of aldehydes is 1. The van der Waals surface area contributed by atoms with Crippen LogP contribution in [0.3, 0.4) is 0 Å². The lowest BCUT2D eigenvalue weighted by molar-refractivity contribution is -0.104. The Balaban J connectivity index is 1.29. The fraction of sp³-hybridized carbons (Fsp3) is 0.500. The van der Waals surface area contributed by atoms with Crippen LogP contribution in [0, 0.1) is 6.92 Å². The van der Waals surface area contributed by atoms with Gasteiger partial charge in [0.05, 0.1) is 30.6 Å². The second-order valence-corrected chi connectivity index (χ2v) is 12.0. The number of hydrogen-bond donors (Lipinski definition) is 1. The Bertz CT molecular complexity index is 1580. The Labute approximate surface area is 270 Å². The van der Waals surface area contributed by atoms with Gasteiger partial charge in [0.15, 0.2) is 12.0 Å². The molecule has 0 bridgehead atoms. The third kappa shape index (κ3) is 7.85. The number of pyridine rings is 1. The van der Waals surface area contributed by atoms with Gasteiger partial charge in [-0.05, 0) is 50.8 Å². The number of hydrogen-bond acceptors (Lipinski definition) is 12. The van der Waals surface area contributed by atoms with Crippen molar-refractivity contribution in [2.75, 3.05) is 55.0 Å². The maximum Gasteiger partial charge on any atom is 0.519 e. The molecule has 5 rings (SSSR count). The van der Waals surface area contributed by atoms with Crippen molar-refractivity contribution < 1.29 is 18.4 Å². The van der Waals surface area contributed by atoms with Crippen LogP contribution in [-0.2, 0) is 16.1 Å². The Morgan fingerprint density at radius 2 is 1.91 bits per heavy atom. The number of nitrogens with zero attached hydrogens (tertiary/aromatic N) is 6. The van der Waals surface area contributed by atoms with Gasteiger partial charge in [-0.2, -0.15) is 4.98 Å². The van der Waals surface area contributed by atoms with E-state index in [2.05, 4.69) is 50.5 Å². The van der Waals surface area contributed by atoms with Crippen molar-refractivity contribution in [2.45, 2.75) is 71.9 Å². The number of piperazine rings is 1. The molecule has 12 nitrogen and oxygen atoms in total. The van der Waals surface area contributed by atoms with Crippen molar-refractivity contribution in [3.63, 3.8) is 0 Å². The SMILES string of the molecule is C=C(OCCCC)/C(C=O)=C(\C)c1cnc(Nc2ccc(N3CCN(Cc4oc(=O)oc4C)CC3)cn2)nc1N(C)C1CCCC1. The summed E-state index contributed by atoms with van der Waals surface area (Å²) in [5.41, 5.74) is 2.95. The standard InChI is InChI=1S/C34H45N7O5/c1-6-7-18-44-24(3)29(22-42)23(2)28-20-36-33(38-32(28)39(5)26-10-8-9-11-26)37-31-13-12-27(19-35-31)41-16-14-40(15-17-41)21-30-25(4)45-34(43)46-30/h12-13,19-20,22,26H,3,6-11,14-18,21H2,1-2,4-5H3,(H,35,36,37,38)/b29-23+. The number of allylic oxidation sites excluding steroid dienone is 2. The van der Waals surface area contributed by atoms with E-state index in [0.29, 0.717) is 53.8 Å². The number of carbonyl (C=O) groups is 1. The molecule has 1 aliphatic heterocycles. The number of rotatable bonds is 14. The maximum atomic E-state index is 12.2. The topological polar surface area (TPSA) is 130 Å². The van der Waals surface area contributed by atoms with Crippen LogP contribution in [0.25, 0.3) is 5.57 Å². The fourth-order valence-corrected chi connectivity index (χ4v) is 6.00. The summed E-state index contributed by atoms with van der Waals surface area (Å²) in [6.45, 7) is 14.1. The first-order valence-electron chi connectivity index (χ1n) is 16.2. The average Bonchev–Trinajstić information content (AvgIpc) is 3.71. The number of unbranched alkanes of at least 4 members (excludes halogenated alkanes) is 1. The molecular formula is C34H45N7O5. The predicted octanol–water partition coefficient (Wildman–Crippen LogP) is 5.47. The molecule has 1 aliphatic carbocycles. The van der Waals surface area contributed by atoms with Gasteiger partial charge in [0, 0.05) is 51.0 Å². The van der Waals surface area contributed by atoms with Crippen molar-refractivity contribution in [1.29, 1.82) is 0 Å². The van der Waals surface area contributed by atoms with Crippen LogP contribution in [0.4, 0.5) is 23.3 Å². The van der Waals surface area contributed by atoms with E-state index in [1.54, 1.807) is 13.1 Å². The van der Waals surface area contributed by atoms with Crippen molar-refractivity contribution in [2.24, 2.45) is 0 Å². The predicted molar refractivity (Wildman–Crippen MR) is 178 cm³/mol. The Kier molecular flexibility index (Phi) is 10.9. The second-order valence-electron chi connectivity index (χ2n) is 12.0. The van der Waals surface area contributed by atoms with E-state index in [4.69, 9.17) is 18.6 Å². The Morgan fingerprint density at radius 1 is 1.15 bits per heavy atom. The summed E-state index contributed by atoms with van der Waals surface area (Å²) in [5, 5.41) is 3.27. The summed E-state index contributed by atoms with van der Waals surface area (Å²) in [4.78, 5) is 44.5. The van der Waals surface area contributed by atoms with E-state index < -0.39 is 5.82 Å². The third-order valence-electron chi connectivity index (χ3n) is 8.90. The summed E-state index contributed by atoms with van der Waals surface area (Å²) in [6, 6.07) is 4.33. The first kappa shape index (κ1) is 32.9. The normalized spacial score (nSPS) is 16.3. The first-order valence-corrected chi connectivity index (χ1v) is 16.2. The molecule has 2 fully saturated rings. The Morgan fingerprint density at radius 3 is 2.54 bits per heavy atom. The smallest absolute Gasteiger partial charge is 0.493 e. The lowest BCUT2D eigenvalue weighted by Crippen LogP contribution is -2.46. The van der Waals surface area contributed by atoms with Crippen LogP contribution in [-0.4, -0.2) is 72.0 Å². The number of aromatic nitrogens is 3. The van der Waals surface area contributed by atoms with Gasteiger partial charge in [-0.15, -0.1) is 0 Å². The van der Waals surface area contributed by atoms with E-state index >= 15 is 0 Å². The molecule has 12 heteroatoms. The van der Waals surface area contributed by atoms with Gasteiger partial charge >= 0.3 is 5.82 Å². The molecule has 0 radical (unpaired) electrons. The highest BCUT2D eigenvalue weighted by atomic mass is 16.6. The van der Waals surface area contributed by atoms with Crippen LogP contribution in [0.2, 0.25) is 0 Å². The average molecular weight is 632 g/mol. The molecule has 3 aromatic rings. The molecule has 1 saturated carbocycles. The molecule has 0 amide bonds. The minimum Gasteiger partial charge on any atom is -0.493 e. The number of ether oxygens (including phenoxy) is 1. The highest BCUT2D eigenvalue weighted by molar-refractivity contribution is 5.93. The zero-order chi connectivity index (χ0) is 32.6. The highest BCUT2D eigenvalue weighted by Crippen LogP contribution is 2.34. The Hall–Kier alpha value is -4.45. The largest absolute Gasteiger partial charge is 0.519 e. The summed E-state index contributed by atoms with van der Waals surface area (Å²) in [6.07, 6.45) is 10.9. The van der Waals surface area contributed by atoms with Crippen LogP contribution in [0.5, 0.6) is 0 Å². The molecule has 1 saturated heterocycles. The second kappa shape index (κ2) is 15.2. The molecule has 4 heterocycles. The molecular weight excluding hydrogens is 586 g/mol. The third-order valence-corrected chi connectivity index (χ3v) is 8.90. The van der Waals surface area contributed by atoms with E-state index in [1.165, 1.54) is 12.8 Å². The van der Waals surface area contributed by atoms with E-state index in [0.717, 1.165) is 80.8 Å². The summed E-state index contributed by atoms with van der Waals surface area (Å²) < 4.78 is 15.9.